The van der Waals surface area contributed by atoms with E-state index in [1.165, 1.54) is 5.56 Å². The second-order valence-corrected chi connectivity index (χ2v) is 8.52. The molecule has 1 aliphatic heterocycles. The van der Waals surface area contributed by atoms with Crippen LogP contribution in [0, 0.1) is 5.92 Å². The number of benzene rings is 2. The number of carbonyl (C=O) groups excluding carboxylic acids is 2. The van der Waals surface area contributed by atoms with Crippen molar-refractivity contribution < 1.29 is 14.3 Å². The summed E-state index contributed by atoms with van der Waals surface area (Å²) in [4.78, 5) is 29.9. The molecule has 0 unspecified atom stereocenters. The molecule has 1 fully saturated rings. The highest BCUT2D eigenvalue weighted by molar-refractivity contribution is 6.17. The fourth-order valence-corrected chi connectivity index (χ4v) is 3.79. The lowest BCUT2D eigenvalue weighted by Gasteiger charge is -2.29. The monoisotopic (exact) mass is 390 g/mol. The summed E-state index contributed by atoms with van der Waals surface area (Å²) >= 11 is 0. The highest BCUT2D eigenvalue weighted by Crippen LogP contribution is 2.32. The summed E-state index contributed by atoms with van der Waals surface area (Å²) < 4.78 is 5.37. The lowest BCUT2D eigenvalue weighted by atomic mass is 9.85. The number of rotatable bonds is 6. The molecule has 1 saturated carbocycles. The first-order chi connectivity index (χ1) is 13.8. The Balaban J connectivity index is 1.57. The Morgan fingerprint density at radius 2 is 1.97 bits per heavy atom. The maximum atomic E-state index is 13.0. The molecule has 150 valence electrons. The minimum absolute atomic E-state index is 0.0160. The van der Waals surface area contributed by atoms with E-state index in [2.05, 4.69) is 25.2 Å². The molecular weight excluding hydrogens is 364 g/mol. The standard InChI is InChI=1S/C24H26N2O3/c1-24(2)14-17-9-10-19(29-3)12-20(17)21(26-24)13-22(27)16-5-4-6-18(11-16)25-23(28)15-7-8-15/h4-6,9-12,15H,7-8,13-14H2,1-3H3,(H,25,28). The molecule has 2 aromatic rings. The molecule has 2 aromatic carbocycles. The normalized spacial score (nSPS) is 17.1. The molecule has 1 N–H and O–H groups in total. The number of ether oxygens (including phenoxy) is 1. The van der Waals surface area contributed by atoms with Crippen molar-refractivity contribution in [3.63, 3.8) is 0 Å². The lowest BCUT2D eigenvalue weighted by Crippen LogP contribution is -2.30. The summed E-state index contributed by atoms with van der Waals surface area (Å²) in [5, 5.41) is 2.91. The van der Waals surface area contributed by atoms with E-state index in [1.54, 1.807) is 25.3 Å². The van der Waals surface area contributed by atoms with Crippen LogP contribution in [0.1, 0.15) is 54.6 Å². The van der Waals surface area contributed by atoms with Crippen LogP contribution in [0.3, 0.4) is 0 Å². The van der Waals surface area contributed by atoms with E-state index in [1.807, 2.05) is 18.2 Å². The van der Waals surface area contributed by atoms with Crippen molar-refractivity contribution in [2.75, 3.05) is 12.4 Å². The summed E-state index contributed by atoms with van der Waals surface area (Å²) in [5.74, 6) is 0.903. The average Bonchev–Trinajstić information content (AvgIpc) is 3.52. The van der Waals surface area contributed by atoms with Gasteiger partial charge in [0.2, 0.25) is 5.91 Å². The number of methoxy groups -OCH3 is 1. The summed E-state index contributed by atoms with van der Waals surface area (Å²) in [7, 11) is 1.64. The summed E-state index contributed by atoms with van der Waals surface area (Å²) in [5.41, 5.74) is 3.94. The molecule has 0 radical (unpaired) electrons. The third kappa shape index (κ3) is 4.39. The smallest absolute Gasteiger partial charge is 0.227 e. The number of carbonyl (C=O) groups is 2. The van der Waals surface area contributed by atoms with E-state index < -0.39 is 0 Å². The summed E-state index contributed by atoms with van der Waals surface area (Å²) in [6, 6.07) is 13.1. The van der Waals surface area contributed by atoms with Crippen molar-refractivity contribution in [2.24, 2.45) is 10.9 Å². The molecule has 5 nitrogen and oxygen atoms in total. The van der Waals surface area contributed by atoms with Crippen LogP contribution in [-0.2, 0) is 11.2 Å². The predicted molar refractivity (Wildman–Crippen MR) is 114 cm³/mol. The van der Waals surface area contributed by atoms with Gasteiger partial charge in [-0.3, -0.25) is 14.6 Å². The van der Waals surface area contributed by atoms with E-state index in [-0.39, 0.29) is 29.6 Å². The number of hydrogen-bond donors (Lipinski definition) is 1. The zero-order chi connectivity index (χ0) is 20.6. The van der Waals surface area contributed by atoms with Crippen LogP contribution in [0.25, 0.3) is 0 Å². The van der Waals surface area contributed by atoms with Crippen molar-refractivity contribution >= 4 is 23.1 Å². The van der Waals surface area contributed by atoms with Crippen molar-refractivity contribution in [1.82, 2.24) is 0 Å². The summed E-state index contributed by atoms with van der Waals surface area (Å²) in [6.45, 7) is 4.16. The minimum Gasteiger partial charge on any atom is -0.497 e. The third-order valence-electron chi connectivity index (χ3n) is 5.42. The van der Waals surface area contributed by atoms with Gasteiger partial charge in [-0.1, -0.05) is 18.2 Å². The number of aliphatic imine (C=N–C) groups is 1. The number of ketones is 1. The predicted octanol–water partition coefficient (Wildman–Crippen LogP) is 4.44. The zero-order valence-electron chi connectivity index (χ0n) is 17.1. The van der Waals surface area contributed by atoms with E-state index in [4.69, 9.17) is 9.73 Å². The second kappa shape index (κ2) is 7.47. The van der Waals surface area contributed by atoms with Gasteiger partial charge in [0.15, 0.2) is 5.78 Å². The van der Waals surface area contributed by atoms with Crippen molar-refractivity contribution in [2.45, 2.75) is 45.1 Å². The van der Waals surface area contributed by atoms with Gasteiger partial charge in [-0.25, -0.2) is 0 Å². The largest absolute Gasteiger partial charge is 0.497 e. The average molecular weight is 390 g/mol. The number of Topliss-reactive ketones (excluding diaryl/α,β-unsaturated/α-hetero) is 1. The zero-order valence-corrected chi connectivity index (χ0v) is 17.1. The molecule has 2 aliphatic rings. The Bertz CT molecular complexity index is 1000. The SMILES string of the molecule is COc1ccc2c(c1)C(CC(=O)c1cccc(NC(=O)C3CC3)c1)=NC(C)(C)C2. The van der Waals surface area contributed by atoms with Crippen LogP contribution in [0.4, 0.5) is 5.69 Å². The van der Waals surface area contributed by atoms with Gasteiger partial charge in [0.1, 0.15) is 5.75 Å². The molecule has 0 atom stereocenters. The van der Waals surface area contributed by atoms with Gasteiger partial charge in [-0.15, -0.1) is 0 Å². The Kier molecular flexibility index (Phi) is 4.99. The van der Waals surface area contributed by atoms with Gasteiger partial charge < -0.3 is 10.1 Å². The lowest BCUT2D eigenvalue weighted by molar-refractivity contribution is -0.117. The van der Waals surface area contributed by atoms with Gasteiger partial charge >= 0.3 is 0 Å². The highest BCUT2D eigenvalue weighted by Gasteiger charge is 2.30. The Morgan fingerprint density at radius 3 is 2.69 bits per heavy atom. The third-order valence-corrected chi connectivity index (χ3v) is 5.42. The molecule has 4 rings (SSSR count). The maximum absolute atomic E-state index is 13.0. The highest BCUT2D eigenvalue weighted by atomic mass is 16.5. The quantitative estimate of drug-likeness (QED) is 0.742. The van der Waals surface area contributed by atoms with Crippen LogP contribution in [-0.4, -0.2) is 30.1 Å². The Labute approximate surface area is 171 Å². The number of nitrogens with one attached hydrogen (secondary N) is 1. The maximum Gasteiger partial charge on any atom is 0.227 e. The topological polar surface area (TPSA) is 67.8 Å². The Hall–Kier alpha value is -2.95. The van der Waals surface area contributed by atoms with Crippen LogP contribution >= 0.6 is 0 Å². The molecule has 29 heavy (non-hydrogen) atoms. The molecule has 0 bridgehead atoms. The first-order valence-corrected chi connectivity index (χ1v) is 10.0. The van der Waals surface area contributed by atoms with Gasteiger partial charge in [-0.2, -0.15) is 0 Å². The fourth-order valence-electron chi connectivity index (χ4n) is 3.79. The number of nitrogens with zero attached hydrogens (tertiary/aromatic N) is 1. The van der Waals surface area contributed by atoms with Crippen molar-refractivity contribution in [3.8, 4) is 5.75 Å². The van der Waals surface area contributed by atoms with Gasteiger partial charge in [-0.05, 0) is 62.9 Å². The molecule has 1 aliphatic carbocycles. The van der Waals surface area contributed by atoms with Crippen LogP contribution in [0.15, 0.2) is 47.5 Å². The molecule has 0 aromatic heterocycles. The van der Waals surface area contributed by atoms with E-state index in [0.717, 1.165) is 36.3 Å². The molecule has 0 spiro atoms. The van der Waals surface area contributed by atoms with Crippen molar-refractivity contribution in [1.29, 1.82) is 0 Å². The van der Waals surface area contributed by atoms with Gasteiger partial charge in [0.05, 0.1) is 24.8 Å². The van der Waals surface area contributed by atoms with Crippen LogP contribution in [0.5, 0.6) is 5.75 Å². The van der Waals surface area contributed by atoms with Crippen LogP contribution < -0.4 is 10.1 Å². The first-order valence-electron chi connectivity index (χ1n) is 10.0. The molecule has 0 saturated heterocycles. The fraction of sp³-hybridized carbons (Fsp3) is 0.375. The number of fused-ring (bicyclic) bond motifs is 1. The van der Waals surface area contributed by atoms with E-state index in [0.29, 0.717) is 11.3 Å². The number of anilines is 1. The molecular formula is C24H26N2O3. The molecule has 5 heteroatoms. The van der Waals surface area contributed by atoms with Crippen LogP contribution in [0.2, 0.25) is 0 Å². The van der Waals surface area contributed by atoms with E-state index >= 15 is 0 Å². The van der Waals surface area contributed by atoms with Gasteiger partial charge in [0.25, 0.3) is 0 Å². The second-order valence-electron chi connectivity index (χ2n) is 8.52. The summed E-state index contributed by atoms with van der Waals surface area (Å²) in [6.07, 6.45) is 2.93. The Morgan fingerprint density at radius 1 is 1.17 bits per heavy atom. The number of hydrogen-bond acceptors (Lipinski definition) is 4. The first kappa shape index (κ1) is 19.4. The molecule has 1 amide bonds. The molecule has 1 heterocycles. The van der Waals surface area contributed by atoms with Crippen molar-refractivity contribution in [3.05, 3.63) is 59.2 Å². The number of amides is 1. The minimum atomic E-state index is -0.253. The van der Waals surface area contributed by atoms with Gasteiger partial charge in [0, 0.05) is 22.7 Å². The van der Waals surface area contributed by atoms with E-state index in [9.17, 15) is 9.59 Å².